The molecule has 1 heterocycles. The second-order valence-corrected chi connectivity index (χ2v) is 8.12. The van der Waals surface area contributed by atoms with Crippen LogP contribution in [-0.4, -0.2) is 11.1 Å². The summed E-state index contributed by atoms with van der Waals surface area (Å²) in [5, 5.41) is 5.76. The van der Waals surface area contributed by atoms with Crippen LogP contribution < -0.4 is 16.2 Å². The predicted octanol–water partition coefficient (Wildman–Crippen LogP) is 5.12. The standard InChI is InChI=1S/C22H26N4OS/c1-14(2)12-21(27)23-18-10-8-17(9-11-18)20-13-28-22(26-25-20)24-19-7-5-6-15(3)16(19)4/h5-11,13-14,25H,12H2,1-4H3,(H,23,27)(H,24,26). The quantitative estimate of drug-likeness (QED) is 0.659. The highest BCUT2D eigenvalue weighted by Gasteiger charge is 2.12. The third kappa shape index (κ3) is 5.16. The van der Waals surface area contributed by atoms with E-state index in [1.54, 1.807) is 11.8 Å². The Morgan fingerprint density at radius 3 is 2.50 bits per heavy atom. The molecule has 0 radical (unpaired) electrons. The first kappa shape index (κ1) is 20.0. The number of hydrazine groups is 1. The van der Waals surface area contributed by atoms with Gasteiger partial charge < -0.3 is 5.32 Å². The summed E-state index contributed by atoms with van der Waals surface area (Å²) in [4.78, 5) is 16.6. The molecule has 6 heteroatoms. The van der Waals surface area contributed by atoms with Gasteiger partial charge in [0.2, 0.25) is 5.91 Å². The topological polar surface area (TPSA) is 65.5 Å². The van der Waals surface area contributed by atoms with Crippen molar-refractivity contribution in [1.82, 2.24) is 10.9 Å². The number of thioether (sulfide) groups is 1. The molecule has 2 aromatic carbocycles. The Morgan fingerprint density at radius 1 is 1.11 bits per heavy atom. The van der Waals surface area contributed by atoms with Crippen molar-refractivity contribution in [2.45, 2.75) is 34.1 Å². The molecule has 146 valence electrons. The molecule has 2 aromatic rings. The molecule has 0 aliphatic carbocycles. The van der Waals surface area contributed by atoms with Gasteiger partial charge in [-0.15, -0.1) is 0 Å². The molecule has 1 aliphatic heterocycles. The third-order valence-corrected chi connectivity index (χ3v) is 5.23. The van der Waals surface area contributed by atoms with E-state index >= 15 is 0 Å². The molecule has 1 amide bonds. The van der Waals surface area contributed by atoms with Crippen LogP contribution in [0.25, 0.3) is 5.70 Å². The number of hydrogen-bond donors (Lipinski definition) is 3. The fourth-order valence-corrected chi connectivity index (χ4v) is 3.46. The molecule has 0 bridgehead atoms. The van der Waals surface area contributed by atoms with E-state index in [2.05, 4.69) is 36.1 Å². The number of hydrogen-bond acceptors (Lipinski definition) is 4. The summed E-state index contributed by atoms with van der Waals surface area (Å²) in [7, 11) is 0. The molecule has 0 spiro atoms. The summed E-state index contributed by atoms with van der Waals surface area (Å²) in [5.74, 6) is 0.390. The lowest BCUT2D eigenvalue weighted by Crippen LogP contribution is -2.36. The molecule has 0 aromatic heterocycles. The zero-order valence-electron chi connectivity index (χ0n) is 16.7. The molecule has 28 heavy (non-hydrogen) atoms. The van der Waals surface area contributed by atoms with Gasteiger partial charge in [-0.3, -0.25) is 15.6 Å². The zero-order valence-corrected chi connectivity index (χ0v) is 17.5. The van der Waals surface area contributed by atoms with Crippen LogP contribution in [0.5, 0.6) is 0 Å². The average molecular weight is 395 g/mol. The summed E-state index contributed by atoms with van der Waals surface area (Å²) in [6, 6.07) is 13.9. The third-order valence-electron chi connectivity index (χ3n) is 4.46. The summed E-state index contributed by atoms with van der Waals surface area (Å²) in [5.41, 5.74) is 12.5. The first-order valence-electron chi connectivity index (χ1n) is 9.36. The highest BCUT2D eigenvalue weighted by Crippen LogP contribution is 2.26. The number of aryl methyl sites for hydroxylation is 1. The maximum absolute atomic E-state index is 11.9. The van der Waals surface area contributed by atoms with Gasteiger partial charge in [-0.2, -0.15) is 0 Å². The Kier molecular flexibility index (Phi) is 6.41. The Hall–Kier alpha value is -2.73. The number of nitrogens with zero attached hydrogens (tertiary/aromatic N) is 1. The maximum atomic E-state index is 11.9. The van der Waals surface area contributed by atoms with Crippen LogP contribution in [0.2, 0.25) is 0 Å². The lowest BCUT2D eigenvalue weighted by molar-refractivity contribution is -0.116. The Labute approximate surface area is 170 Å². The molecular formula is C22H26N4OS. The lowest BCUT2D eigenvalue weighted by atomic mass is 10.1. The van der Waals surface area contributed by atoms with Crippen LogP contribution in [-0.2, 0) is 4.79 Å². The minimum absolute atomic E-state index is 0.0438. The first-order chi connectivity index (χ1) is 13.4. The van der Waals surface area contributed by atoms with E-state index < -0.39 is 0 Å². The van der Waals surface area contributed by atoms with Gasteiger partial charge in [0, 0.05) is 23.1 Å². The smallest absolute Gasteiger partial charge is 0.224 e. The molecule has 1 aliphatic rings. The number of anilines is 1. The number of aliphatic imine (C=N–C) groups is 1. The molecular weight excluding hydrogens is 368 g/mol. The lowest BCUT2D eigenvalue weighted by Gasteiger charge is -2.19. The van der Waals surface area contributed by atoms with Gasteiger partial charge in [0.05, 0.1) is 11.4 Å². The van der Waals surface area contributed by atoms with Crippen molar-refractivity contribution < 1.29 is 4.79 Å². The number of benzene rings is 2. The van der Waals surface area contributed by atoms with Crippen molar-refractivity contribution in [1.29, 1.82) is 0 Å². The summed E-state index contributed by atoms with van der Waals surface area (Å²) in [6.45, 7) is 8.24. The molecule has 0 unspecified atom stereocenters. The van der Waals surface area contributed by atoms with Gasteiger partial charge in [-0.05, 0) is 49.1 Å². The molecule has 0 saturated carbocycles. The predicted molar refractivity (Wildman–Crippen MR) is 119 cm³/mol. The number of amides is 1. The summed E-state index contributed by atoms with van der Waals surface area (Å²) >= 11 is 1.54. The highest BCUT2D eigenvalue weighted by atomic mass is 32.2. The fourth-order valence-electron chi connectivity index (χ4n) is 2.77. The van der Waals surface area contributed by atoms with Crippen molar-refractivity contribution in [3.63, 3.8) is 0 Å². The van der Waals surface area contributed by atoms with Crippen LogP contribution in [0.4, 0.5) is 11.4 Å². The monoisotopic (exact) mass is 394 g/mol. The van der Waals surface area contributed by atoms with Crippen LogP contribution >= 0.6 is 11.8 Å². The molecule has 5 nitrogen and oxygen atoms in total. The minimum atomic E-state index is 0.0438. The van der Waals surface area contributed by atoms with Crippen molar-refractivity contribution >= 4 is 39.9 Å². The van der Waals surface area contributed by atoms with E-state index in [4.69, 9.17) is 4.99 Å². The van der Waals surface area contributed by atoms with E-state index in [9.17, 15) is 4.79 Å². The Morgan fingerprint density at radius 2 is 1.86 bits per heavy atom. The van der Waals surface area contributed by atoms with Crippen molar-refractivity contribution in [3.05, 3.63) is 64.6 Å². The Bertz CT molecular complexity index is 917. The van der Waals surface area contributed by atoms with E-state index in [1.165, 1.54) is 11.1 Å². The average Bonchev–Trinajstić information content (AvgIpc) is 2.66. The molecule has 3 rings (SSSR count). The van der Waals surface area contributed by atoms with Crippen LogP contribution in [0, 0.1) is 19.8 Å². The largest absolute Gasteiger partial charge is 0.326 e. The van der Waals surface area contributed by atoms with E-state index in [1.807, 2.05) is 55.7 Å². The Balaban J connectivity index is 1.65. The number of amidine groups is 1. The number of carbonyl (C=O) groups excluding carboxylic acids is 1. The SMILES string of the molecule is Cc1cccc(N=C2NNC(c3ccc(NC(=O)CC(C)C)cc3)=CS2)c1C. The van der Waals surface area contributed by atoms with E-state index in [0.717, 1.165) is 27.8 Å². The summed E-state index contributed by atoms with van der Waals surface area (Å²) in [6.07, 6.45) is 0.525. The van der Waals surface area contributed by atoms with Gasteiger partial charge in [-0.25, -0.2) is 4.99 Å². The highest BCUT2D eigenvalue weighted by molar-refractivity contribution is 8.16. The van der Waals surface area contributed by atoms with Gasteiger partial charge in [-0.1, -0.05) is 49.9 Å². The number of rotatable bonds is 5. The maximum Gasteiger partial charge on any atom is 0.224 e. The second-order valence-electron chi connectivity index (χ2n) is 7.26. The molecule has 0 saturated heterocycles. The van der Waals surface area contributed by atoms with Crippen LogP contribution in [0.1, 0.15) is 37.0 Å². The fraction of sp³-hybridized carbons (Fsp3) is 0.273. The van der Waals surface area contributed by atoms with Gasteiger partial charge >= 0.3 is 0 Å². The van der Waals surface area contributed by atoms with E-state index in [0.29, 0.717) is 12.3 Å². The molecule has 0 fully saturated rings. The first-order valence-corrected chi connectivity index (χ1v) is 10.2. The number of carbonyl (C=O) groups is 1. The molecule has 0 atom stereocenters. The molecule has 3 N–H and O–H groups in total. The van der Waals surface area contributed by atoms with Gasteiger partial charge in [0.25, 0.3) is 0 Å². The normalized spacial score (nSPS) is 15.0. The van der Waals surface area contributed by atoms with Gasteiger partial charge in [0.15, 0.2) is 5.17 Å². The van der Waals surface area contributed by atoms with E-state index in [-0.39, 0.29) is 5.91 Å². The van der Waals surface area contributed by atoms with Gasteiger partial charge in [0.1, 0.15) is 0 Å². The van der Waals surface area contributed by atoms with Crippen molar-refractivity contribution in [2.24, 2.45) is 10.9 Å². The zero-order chi connectivity index (χ0) is 20.1. The van der Waals surface area contributed by atoms with Crippen molar-refractivity contribution in [3.8, 4) is 0 Å². The van der Waals surface area contributed by atoms with Crippen molar-refractivity contribution in [2.75, 3.05) is 5.32 Å². The van der Waals surface area contributed by atoms with Crippen LogP contribution in [0.3, 0.4) is 0 Å². The number of nitrogens with one attached hydrogen (secondary N) is 3. The minimum Gasteiger partial charge on any atom is -0.326 e. The summed E-state index contributed by atoms with van der Waals surface area (Å²) < 4.78 is 0. The van der Waals surface area contributed by atoms with Crippen LogP contribution in [0.15, 0.2) is 52.9 Å². The second kappa shape index (κ2) is 8.97.